The second-order valence-corrected chi connectivity index (χ2v) is 5.18. The van der Waals surface area contributed by atoms with Crippen LogP contribution in [0.3, 0.4) is 0 Å². The van der Waals surface area contributed by atoms with E-state index in [4.69, 9.17) is 0 Å². The van der Waals surface area contributed by atoms with E-state index in [0.29, 0.717) is 6.04 Å². The molecule has 0 aromatic heterocycles. The lowest BCUT2D eigenvalue weighted by atomic mass is 9.90. The Bertz CT molecular complexity index is 382. The summed E-state index contributed by atoms with van der Waals surface area (Å²) in [5.41, 5.74) is 4.27. The minimum Gasteiger partial charge on any atom is -0.383 e. The van der Waals surface area contributed by atoms with Crippen LogP contribution < -0.4 is 10.6 Å². The van der Waals surface area contributed by atoms with Crippen LogP contribution >= 0.6 is 0 Å². The van der Waals surface area contributed by atoms with Crippen LogP contribution in [0, 0.1) is 6.92 Å². The number of nitrogens with one attached hydrogen (secondary N) is 2. The molecule has 1 unspecified atom stereocenters. The topological polar surface area (TPSA) is 24.1 Å². The van der Waals surface area contributed by atoms with Crippen molar-refractivity contribution in [1.29, 1.82) is 0 Å². The van der Waals surface area contributed by atoms with Gasteiger partial charge in [-0.25, -0.2) is 0 Å². The highest BCUT2D eigenvalue weighted by molar-refractivity contribution is 5.56. The zero-order valence-corrected chi connectivity index (χ0v) is 9.92. The second-order valence-electron chi connectivity index (χ2n) is 5.18. The summed E-state index contributed by atoms with van der Waals surface area (Å²) in [7, 11) is 0. The lowest BCUT2D eigenvalue weighted by Crippen LogP contribution is -2.48. The number of anilines is 1. The van der Waals surface area contributed by atoms with Gasteiger partial charge in [-0.15, -0.1) is 0 Å². The molecule has 3 rings (SSSR count). The maximum atomic E-state index is 3.76. The second kappa shape index (κ2) is 4.10. The molecule has 0 saturated heterocycles. The van der Waals surface area contributed by atoms with Gasteiger partial charge in [-0.1, -0.05) is 18.6 Å². The van der Waals surface area contributed by atoms with Crippen molar-refractivity contribution in [2.45, 2.75) is 44.7 Å². The largest absolute Gasteiger partial charge is 0.383 e. The van der Waals surface area contributed by atoms with Gasteiger partial charge in [-0.3, -0.25) is 0 Å². The summed E-state index contributed by atoms with van der Waals surface area (Å²) >= 11 is 0. The van der Waals surface area contributed by atoms with Crippen LogP contribution in [-0.4, -0.2) is 18.6 Å². The lowest BCUT2D eigenvalue weighted by molar-refractivity contribution is 0.304. The standard InChI is InChI=1S/C14H20N2/c1-10-4-2-7-14-13(10)8-12(9-15-14)16-11-5-3-6-11/h2,4,7,11-12,15-16H,3,5-6,8-9H2,1H3. The van der Waals surface area contributed by atoms with Crippen LogP contribution in [0.15, 0.2) is 18.2 Å². The number of aryl methyl sites for hydroxylation is 1. The van der Waals surface area contributed by atoms with Crippen LogP contribution in [-0.2, 0) is 6.42 Å². The number of rotatable bonds is 2. The van der Waals surface area contributed by atoms with Gasteiger partial charge in [0.1, 0.15) is 0 Å². The molecule has 2 N–H and O–H groups in total. The van der Waals surface area contributed by atoms with Gasteiger partial charge in [-0.05, 0) is 43.4 Å². The van der Waals surface area contributed by atoms with Crippen molar-refractivity contribution in [2.75, 3.05) is 11.9 Å². The molecule has 1 aromatic carbocycles. The Balaban J connectivity index is 1.72. The molecular formula is C14H20N2. The Morgan fingerprint density at radius 1 is 1.25 bits per heavy atom. The Labute approximate surface area is 97.4 Å². The minimum absolute atomic E-state index is 0.624. The first-order valence-electron chi connectivity index (χ1n) is 6.41. The van der Waals surface area contributed by atoms with E-state index in [1.807, 2.05) is 0 Å². The molecule has 2 nitrogen and oxygen atoms in total. The predicted octanol–water partition coefficient (Wildman–Crippen LogP) is 2.47. The highest BCUT2D eigenvalue weighted by atomic mass is 15.0. The fourth-order valence-corrected chi connectivity index (χ4v) is 2.72. The van der Waals surface area contributed by atoms with E-state index < -0.39 is 0 Å². The summed E-state index contributed by atoms with van der Waals surface area (Å²) < 4.78 is 0. The van der Waals surface area contributed by atoms with Crippen molar-refractivity contribution in [3.63, 3.8) is 0 Å². The fraction of sp³-hybridized carbons (Fsp3) is 0.571. The normalized spacial score (nSPS) is 24.4. The Morgan fingerprint density at radius 2 is 2.12 bits per heavy atom. The van der Waals surface area contributed by atoms with Crippen LogP contribution in [0.4, 0.5) is 5.69 Å². The van der Waals surface area contributed by atoms with Gasteiger partial charge >= 0.3 is 0 Å². The lowest BCUT2D eigenvalue weighted by Gasteiger charge is -2.35. The fourth-order valence-electron chi connectivity index (χ4n) is 2.72. The third kappa shape index (κ3) is 1.82. The monoisotopic (exact) mass is 216 g/mol. The van der Waals surface area contributed by atoms with Gasteiger partial charge in [0.15, 0.2) is 0 Å². The van der Waals surface area contributed by atoms with Crippen molar-refractivity contribution in [3.05, 3.63) is 29.3 Å². The van der Waals surface area contributed by atoms with Gasteiger partial charge in [0.2, 0.25) is 0 Å². The number of hydrogen-bond donors (Lipinski definition) is 2. The minimum atomic E-state index is 0.624. The smallest absolute Gasteiger partial charge is 0.0376 e. The zero-order chi connectivity index (χ0) is 11.0. The van der Waals surface area contributed by atoms with Crippen molar-refractivity contribution in [3.8, 4) is 0 Å². The molecular weight excluding hydrogens is 196 g/mol. The van der Waals surface area contributed by atoms with Gasteiger partial charge in [0, 0.05) is 24.3 Å². The Hall–Kier alpha value is -1.02. The summed E-state index contributed by atoms with van der Waals surface area (Å²) in [4.78, 5) is 0. The molecule has 0 amide bonds. The molecule has 1 heterocycles. The molecule has 1 aliphatic carbocycles. The van der Waals surface area contributed by atoms with Crippen LogP contribution in [0.5, 0.6) is 0 Å². The molecule has 1 saturated carbocycles. The van der Waals surface area contributed by atoms with Crippen molar-refractivity contribution >= 4 is 5.69 Å². The third-order valence-corrected chi connectivity index (χ3v) is 3.98. The zero-order valence-electron chi connectivity index (χ0n) is 9.92. The summed E-state index contributed by atoms with van der Waals surface area (Å²) in [6, 6.07) is 7.96. The first-order valence-corrected chi connectivity index (χ1v) is 6.41. The highest BCUT2D eigenvalue weighted by Gasteiger charge is 2.24. The van der Waals surface area contributed by atoms with E-state index in [0.717, 1.165) is 12.6 Å². The average molecular weight is 216 g/mol. The summed E-state index contributed by atoms with van der Waals surface area (Å²) in [6.07, 6.45) is 5.34. The first kappa shape index (κ1) is 10.2. The molecule has 1 fully saturated rings. The van der Waals surface area contributed by atoms with E-state index >= 15 is 0 Å². The summed E-state index contributed by atoms with van der Waals surface area (Å²) in [5.74, 6) is 0. The summed E-state index contributed by atoms with van der Waals surface area (Å²) in [6.45, 7) is 3.29. The molecule has 16 heavy (non-hydrogen) atoms. The quantitative estimate of drug-likeness (QED) is 0.793. The van der Waals surface area contributed by atoms with Crippen molar-refractivity contribution in [1.82, 2.24) is 5.32 Å². The molecule has 0 bridgehead atoms. The Kier molecular flexibility index (Phi) is 2.60. The van der Waals surface area contributed by atoms with E-state index in [1.165, 1.54) is 42.5 Å². The molecule has 1 aromatic rings. The molecule has 2 heteroatoms. The number of benzene rings is 1. The SMILES string of the molecule is Cc1cccc2c1CC(NC1CCC1)CN2. The maximum absolute atomic E-state index is 3.76. The number of hydrogen-bond acceptors (Lipinski definition) is 2. The predicted molar refractivity (Wildman–Crippen MR) is 67.9 cm³/mol. The van der Waals surface area contributed by atoms with Crippen LogP contribution in [0.2, 0.25) is 0 Å². The number of fused-ring (bicyclic) bond motifs is 1. The van der Waals surface area contributed by atoms with E-state index in [9.17, 15) is 0 Å². The van der Waals surface area contributed by atoms with Crippen molar-refractivity contribution < 1.29 is 0 Å². The van der Waals surface area contributed by atoms with Gasteiger partial charge in [0.05, 0.1) is 0 Å². The van der Waals surface area contributed by atoms with E-state index in [-0.39, 0.29) is 0 Å². The highest BCUT2D eigenvalue weighted by Crippen LogP contribution is 2.26. The molecule has 2 aliphatic rings. The molecule has 0 radical (unpaired) electrons. The average Bonchev–Trinajstić information content (AvgIpc) is 2.24. The maximum Gasteiger partial charge on any atom is 0.0376 e. The van der Waals surface area contributed by atoms with E-state index in [1.54, 1.807) is 0 Å². The molecule has 0 spiro atoms. The van der Waals surface area contributed by atoms with E-state index in [2.05, 4.69) is 35.8 Å². The van der Waals surface area contributed by atoms with Gasteiger partial charge < -0.3 is 10.6 Å². The molecule has 1 atom stereocenters. The van der Waals surface area contributed by atoms with Gasteiger partial charge in [-0.2, -0.15) is 0 Å². The third-order valence-electron chi connectivity index (χ3n) is 3.98. The van der Waals surface area contributed by atoms with Crippen LogP contribution in [0.1, 0.15) is 30.4 Å². The van der Waals surface area contributed by atoms with Gasteiger partial charge in [0.25, 0.3) is 0 Å². The molecule has 86 valence electrons. The molecule has 1 aliphatic heterocycles. The van der Waals surface area contributed by atoms with Crippen molar-refractivity contribution in [2.24, 2.45) is 0 Å². The Morgan fingerprint density at radius 3 is 2.88 bits per heavy atom. The summed E-state index contributed by atoms with van der Waals surface area (Å²) in [5, 5.41) is 7.31. The first-order chi connectivity index (χ1) is 7.83. The van der Waals surface area contributed by atoms with Crippen LogP contribution in [0.25, 0.3) is 0 Å².